The Morgan fingerprint density at radius 3 is 2.55 bits per heavy atom. The third-order valence-corrected chi connectivity index (χ3v) is 3.03. The van der Waals surface area contributed by atoms with Crippen LogP contribution in [-0.4, -0.2) is 27.8 Å². The van der Waals surface area contributed by atoms with Gasteiger partial charge in [0.2, 0.25) is 0 Å². The lowest BCUT2D eigenvalue weighted by Gasteiger charge is -2.12. The van der Waals surface area contributed by atoms with Crippen molar-refractivity contribution in [2.24, 2.45) is 0 Å². The first-order valence-corrected chi connectivity index (χ1v) is 6.65. The molecule has 2 amide bonds. The number of unbranched alkanes of at least 4 members (excludes halogenated alkanes) is 1. The minimum atomic E-state index is -0.796. The molecule has 2 rings (SSSR count). The lowest BCUT2D eigenvalue weighted by atomic mass is 10.1. The van der Waals surface area contributed by atoms with E-state index in [4.69, 9.17) is 4.84 Å². The van der Waals surface area contributed by atoms with Crippen molar-refractivity contribution < 1.29 is 19.2 Å². The topological polar surface area (TPSA) is 76.6 Å². The third kappa shape index (κ3) is 3.20. The molecule has 1 aliphatic rings. The van der Waals surface area contributed by atoms with E-state index < -0.39 is 17.8 Å². The van der Waals surface area contributed by atoms with Crippen LogP contribution in [0, 0.1) is 0 Å². The Balaban J connectivity index is 1.98. The Labute approximate surface area is 116 Å². The molecular weight excluding hydrogens is 260 g/mol. The fourth-order valence-electron chi connectivity index (χ4n) is 1.86. The van der Waals surface area contributed by atoms with Crippen LogP contribution in [0.3, 0.4) is 0 Å². The quantitative estimate of drug-likeness (QED) is 0.764. The van der Waals surface area contributed by atoms with Gasteiger partial charge in [-0.1, -0.05) is 19.4 Å². The standard InChI is InChI=1S/C14H16N2O4/c1-2-3-4-10-5-6-11(15-9-10)14(19)20-16-12(17)7-8-13(16)18/h5-6,9H,2-4,7-8H2,1H3. The van der Waals surface area contributed by atoms with Gasteiger partial charge in [0.05, 0.1) is 0 Å². The molecule has 0 N–H and O–H groups in total. The second kappa shape index (κ2) is 6.27. The first-order chi connectivity index (χ1) is 9.61. The molecule has 1 fully saturated rings. The molecule has 20 heavy (non-hydrogen) atoms. The molecule has 106 valence electrons. The summed E-state index contributed by atoms with van der Waals surface area (Å²) in [4.78, 5) is 43.2. The van der Waals surface area contributed by atoms with Gasteiger partial charge in [-0.3, -0.25) is 9.59 Å². The van der Waals surface area contributed by atoms with Crippen LogP contribution in [0.15, 0.2) is 18.3 Å². The smallest absolute Gasteiger partial charge is 0.323 e. The third-order valence-electron chi connectivity index (χ3n) is 3.03. The average Bonchev–Trinajstić information content (AvgIpc) is 2.77. The number of nitrogens with zero attached hydrogens (tertiary/aromatic N) is 2. The number of hydroxylamine groups is 2. The molecule has 0 saturated carbocycles. The molecule has 6 heteroatoms. The van der Waals surface area contributed by atoms with Crippen LogP contribution >= 0.6 is 0 Å². The van der Waals surface area contributed by atoms with Crippen LogP contribution < -0.4 is 0 Å². The molecule has 0 atom stereocenters. The zero-order valence-electron chi connectivity index (χ0n) is 11.3. The normalized spacial score (nSPS) is 14.8. The second-order valence-corrected chi connectivity index (χ2v) is 4.62. The van der Waals surface area contributed by atoms with Gasteiger partial charge in [-0.25, -0.2) is 9.78 Å². The number of carbonyl (C=O) groups is 3. The van der Waals surface area contributed by atoms with E-state index in [9.17, 15) is 14.4 Å². The Morgan fingerprint density at radius 1 is 1.30 bits per heavy atom. The minimum Gasteiger partial charge on any atom is -0.323 e. The summed E-state index contributed by atoms with van der Waals surface area (Å²) in [6.45, 7) is 2.10. The first-order valence-electron chi connectivity index (χ1n) is 6.65. The number of carbonyl (C=O) groups excluding carboxylic acids is 3. The highest BCUT2D eigenvalue weighted by atomic mass is 16.7. The number of pyridine rings is 1. The van der Waals surface area contributed by atoms with Gasteiger partial charge in [0.25, 0.3) is 11.8 Å². The number of hydrogen-bond acceptors (Lipinski definition) is 5. The highest BCUT2D eigenvalue weighted by Crippen LogP contribution is 2.14. The number of aryl methyl sites for hydroxylation is 1. The van der Waals surface area contributed by atoms with Crippen LogP contribution in [0.2, 0.25) is 0 Å². The number of aromatic nitrogens is 1. The van der Waals surface area contributed by atoms with E-state index in [1.54, 1.807) is 18.3 Å². The number of hydrogen-bond donors (Lipinski definition) is 0. The Kier molecular flexibility index (Phi) is 4.45. The summed E-state index contributed by atoms with van der Waals surface area (Å²) >= 11 is 0. The van der Waals surface area contributed by atoms with Crippen molar-refractivity contribution in [1.82, 2.24) is 10.0 Å². The Bertz CT molecular complexity index is 508. The Morgan fingerprint density at radius 2 is 2.00 bits per heavy atom. The van der Waals surface area contributed by atoms with Crippen LogP contribution in [-0.2, 0) is 20.8 Å². The maximum absolute atomic E-state index is 11.8. The van der Waals surface area contributed by atoms with Gasteiger partial charge in [-0.05, 0) is 24.5 Å². The maximum Gasteiger partial charge on any atom is 0.382 e. The summed E-state index contributed by atoms with van der Waals surface area (Å²) in [5.74, 6) is -1.79. The van der Waals surface area contributed by atoms with E-state index in [1.165, 1.54) is 0 Å². The summed E-state index contributed by atoms with van der Waals surface area (Å²) in [6.07, 6.45) is 4.82. The highest BCUT2D eigenvalue weighted by Gasteiger charge is 2.33. The largest absolute Gasteiger partial charge is 0.382 e. The molecule has 0 aromatic carbocycles. The number of imide groups is 1. The molecule has 1 saturated heterocycles. The molecule has 0 spiro atoms. The van der Waals surface area contributed by atoms with Crippen molar-refractivity contribution >= 4 is 17.8 Å². The predicted octanol–water partition coefficient (Wildman–Crippen LogP) is 1.65. The molecule has 1 aromatic heterocycles. The van der Waals surface area contributed by atoms with Crippen LogP contribution in [0.4, 0.5) is 0 Å². The van der Waals surface area contributed by atoms with E-state index in [1.807, 2.05) is 0 Å². The van der Waals surface area contributed by atoms with Gasteiger partial charge in [0.1, 0.15) is 0 Å². The first kappa shape index (κ1) is 14.2. The predicted molar refractivity (Wildman–Crippen MR) is 69.4 cm³/mol. The van der Waals surface area contributed by atoms with Gasteiger partial charge in [0.15, 0.2) is 5.69 Å². The summed E-state index contributed by atoms with van der Waals surface area (Å²) in [6, 6.07) is 3.34. The maximum atomic E-state index is 11.8. The van der Waals surface area contributed by atoms with Crippen molar-refractivity contribution in [2.75, 3.05) is 0 Å². The lowest BCUT2D eigenvalue weighted by Crippen LogP contribution is -2.32. The minimum absolute atomic E-state index is 0.0789. The molecule has 1 aliphatic heterocycles. The average molecular weight is 276 g/mol. The molecular formula is C14H16N2O4. The molecule has 0 bridgehead atoms. The van der Waals surface area contributed by atoms with Crippen LogP contribution in [0.5, 0.6) is 0 Å². The molecule has 0 unspecified atom stereocenters. The second-order valence-electron chi connectivity index (χ2n) is 4.62. The number of rotatable bonds is 5. The van der Waals surface area contributed by atoms with Crippen LogP contribution in [0.1, 0.15) is 48.7 Å². The zero-order valence-corrected chi connectivity index (χ0v) is 11.3. The van der Waals surface area contributed by atoms with Crippen molar-refractivity contribution in [2.45, 2.75) is 39.0 Å². The molecule has 6 nitrogen and oxygen atoms in total. The van der Waals surface area contributed by atoms with Gasteiger partial charge in [0, 0.05) is 19.0 Å². The number of amides is 2. The van der Waals surface area contributed by atoms with Gasteiger partial charge in [-0.15, -0.1) is 5.06 Å². The SMILES string of the molecule is CCCCc1ccc(C(=O)ON2C(=O)CCC2=O)nc1. The summed E-state index contributed by atoms with van der Waals surface area (Å²) in [7, 11) is 0. The van der Waals surface area contributed by atoms with E-state index in [2.05, 4.69) is 11.9 Å². The highest BCUT2D eigenvalue weighted by molar-refractivity contribution is 6.02. The van der Waals surface area contributed by atoms with Crippen molar-refractivity contribution in [3.8, 4) is 0 Å². The molecule has 1 aromatic rings. The lowest BCUT2D eigenvalue weighted by molar-refractivity contribution is -0.172. The van der Waals surface area contributed by atoms with Gasteiger partial charge >= 0.3 is 5.97 Å². The monoisotopic (exact) mass is 276 g/mol. The van der Waals surface area contributed by atoms with E-state index in [0.717, 1.165) is 24.8 Å². The summed E-state index contributed by atoms with van der Waals surface area (Å²) < 4.78 is 0. The van der Waals surface area contributed by atoms with E-state index in [0.29, 0.717) is 5.06 Å². The molecule has 2 heterocycles. The summed E-state index contributed by atoms with van der Waals surface area (Å²) in [5.41, 5.74) is 1.12. The molecule has 0 aliphatic carbocycles. The fraction of sp³-hybridized carbons (Fsp3) is 0.429. The molecule has 0 radical (unpaired) electrons. The zero-order chi connectivity index (χ0) is 14.5. The van der Waals surface area contributed by atoms with E-state index in [-0.39, 0.29) is 18.5 Å². The van der Waals surface area contributed by atoms with Gasteiger partial charge in [-0.2, -0.15) is 0 Å². The van der Waals surface area contributed by atoms with Crippen LogP contribution in [0.25, 0.3) is 0 Å². The van der Waals surface area contributed by atoms with Gasteiger partial charge < -0.3 is 4.84 Å². The fourth-order valence-corrected chi connectivity index (χ4v) is 1.86. The summed E-state index contributed by atoms with van der Waals surface area (Å²) in [5, 5.41) is 0.523. The van der Waals surface area contributed by atoms with Crippen molar-refractivity contribution in [3.63, 3.8) is 0 Å². The van der Waals surface area contributed by atoms with Crippen molar-refractivity contribution in [1.29, 1.82) is 0 Å². The van der Waals surface area contributed by atoms with E-state index >= 15 is 0 Å². The Hall–Kier alpha value is -2.24. The van der Waals surface area contributed by atoms with Crippen molar-refractivity contribution in [3.05, 3.63) is 29.6 Å².